The van der Waals surface area contributed by atoms with E-state index in [-0.39, 0.29) is 0 Å². The van der Waals surface area contributed by atoms with Crippen molar-refractivity contribution < 1.29 is 0 Å². The van der Waals surface area contributed by atoms with Crippen LogP contribution < -0.4 is 5.73 Å². The lowest BCUT2D eigenvalue weighted by molar-refractivity contribution is 0.624. The predicted octanol–water partition coefficient (Wildman–Crippen LogP) is 1.42. The minimum absolute atomic E-state index is 0.396. The predicted molar refractivity (Wildman–Crippen MR) is 60.6 cm³/mol. The van der Waals surface area contributed by atoms with Crippen molar-refractivity contribution in [1.29, 1.82) is 0 Å². The number of imidazole rings is 1. The molecule has 0 spiro atoms. The van der Waals surface area contributed by atoms with Gasteiger partial charge < -0.3 is 10.3 Å². The maximum atomic E-state index is 5.56. The van der Waals surface area contributed by atoms with Crippen LogP contribution in [0.15, 0.2) is 18.5 Å². The highest BCUT2D eigenvalue weighted by Crippen LogP contribution is 2.21. The second-order valence-electron chi connectivity index (χ2n) is 3.87. The molecule has 4 nitrogen and oxygen atoms in total. The van der Waals surface area contributed by atoms with Crippen LogP contribution in [-0.2, 0) is 7.05 Å². The third-order valence-electron chi connectivity index (χ3n) is 2.76. The lowest BCUT2D eigenvalue weighted by Crippen LogP contribution is -2.08. The summed E-state index contributed by atoms with van der Waals surface area (Å²) < 4.78 is 2.10. The molecular formula is C11H16N4. The molecule has 0 saturated carbocycles. The average molecular weight is 204 g/mol. The van der Waals surface area contributed by atoms with E-state index in [2.05, 4.69) is 21.5 Å². The van der Waals surface area contributed by atoms with E-state index in [9.17, 15) is 0 Å². The second kappa shape index (κ2) is 3.98. The number of aromatic nitrogens is 3. The first-order valence-electron chi connectivity index (χ1n) is 5.20. The van der Waals surface area contributed by atoms with Crippen molar-refractivity contribution in [2.45, 2.75) is 19.3 Å². The zero-order valence-corrected chi connectivity index (χ0v) is 9.14. The fourth-order valence-corrected chi connectivity index (χ4v) is 1.87. The summed E-state index contributed by atoms with van der Waals surface area (Å²) in [6, 6.07) is 1.94. The van der Waals surface area contributed by atoms with Gasteiger partial charge in [0.2, 0.25) is 0 Å². The number of rotatable bonds is 3. The first kappa shape index (κ1) is 10.1. The lowest BCUT2D eigenvalue weighted by Gasteiger charge is -2.09. The Kier molecular flexibility index (Phi) is 2.68. The number of aryl methyl sites for hydroxylation is 1. The standard InChI is InChI=1S/C11H16N4/c1-8(3-5-12)11-14-9-4-6-13-7-10(9)15(11)2/h4,6-8H,3,5,12H2,1-2H3. The number of pyridine rings is 1. The van der Waals surface area contributed by atoms with Gasteiger partial charge >= 0.3 is 0 Å². The molecule has 0 saturated heterocycles. The van der Waals surface area contributed by atoms with Gasteiger partial charge in [-0.15, -0.1) is 0 Å². The van der Waals surface area contributed by atoms with Crippen LogP contribution in [0.4, 0.5) is 0 Å². The highest BCUT2D eigenvalue weighted by atomic mass is 15.1. The number of nitrogens with two attached hydrogens (primary N) is 1. The first-order chi connectivity index (χ1) is 7.24. The van der Waals surface area contributed by atoms with Gasteiger partial charge in [0.1, 0.15) is 5.82 Å². The molecule has 0 fully saturated rings. The molecule has 0 aromatic carbocycles. The molecular weight excluding hydrogens is 188 g/mol. The van der Waals surface area contributed by atoms with Crippen LogP contribution in [-0.4, -0.2) is 21.1 Å². The SMILES string of the molecule is CC(CCN)c1nc2ccncc2n1C. The van der Waals surface area contributed by atoms with Crippen LogP contribution in [0.5, 0.6) is 0 Å². The molecule has 2 aromatic heterocycles. The fraction of sp³-hybridized carbons (Fsp3) is 0.455. The number of hydrogen-bond acceptors (Lipinski definition) is 3. The maximum Gasteiger partial charge on any atom is 0.112 e. The van der Waals surface area contributed by atoms with Crippen molar-refractivity contribution in [2.24, 2.45) is 12.8 Å². The van der Waals surface area contributed by atoms with Crippen LogP contribution in [0, 0.1) is 0 Å². The van der Waals surface area contributed by atoms with E-state index in [0.29, 0.717) is 12.5 Å². The molecule has 2 rings (SSSR count). The summed E-state index contributed by atoms with van der Waals surface area (Å²) in [6.07, 6.45) is 4.58. The Morgan fingerprint density at radius 3 is 3.00 bits per heavy atom. The van der Waals surface area contributed by atoms with E-state index < -0.39 is 0 Å². The van der Waals surface area contributed by atoms with E-state index in [1.807, 2.05) is 19.3 Å². The highest BCUT2D eigenvalue weighted by molar-refractivity contribution is 5.74. The van der Waals surface area contributed by atoms with Crippen molar-refractivity contribution in [3.05, 3.63) is 24.3 Å². The number of hydrogen-bond donors (Lipinski definition) is 1. The molecule has 0 aliphatic carbocycles. The van der Waals surface area contributed by atoms with Gasteiger partial charge in [0.15, 0.2) is 0 Å². The molecule has 0 aliphatic rings. The third-order valence-corrected chi connectivity index (χ3v) is 2.76. The van der Waals surface area contributed by atoms with Crippen molar-refractivity contribution in [3.8, 4) is 0 Å². The molecule has 2 aromatic rings. The molecule has 0 amide bonds. The summed E-state index contributed by atoms with van der Waals surface area (Å²) in [5.41, 5.74) is 7.65. The van der Waals surface area contributed by atoms with E-state index in [1.165, 1.54) is 0 Å². The van der Waals surface area contributed by atoms with Crippen molar-refractivity contribution in [1.82, 2.24) is 14.5 Å². The molecule has 0 bridgehead atoms. The number of fused-ring (bicyclic) bond motifs is 1. The Morgan fingerprint density at radius 2 is 2.33 bits per heavy atom. The fourth-order valence-electron chi connectivity index (χ4n) is 1.87. The summed E-state index contributed by atoms with van der Waals surface area (Å²) in [6.45, 7) is 2.85. The molecule has 0 radical (unpaired) electrons. The smallest absolute Gasteiger partial charge is 0.112 e. The van der Waals surface area contributed by atoms with Gasteiger partial charge in [-0.2, -0.15) is 0 Å². The van der Waals surface area contributed by atoms with E-state index >= 15 is 0 Å². The van der Waals surface area contributed by atoms with E-state index in [4.69, 9.17) is 5.73 Å². The van der Waals surface area contributed by atoms with Crippen LogP contribution in [0.3, 0.4) is 0 Å². The second-order valence-corrected chi connectivity index (χ2v) is 3.87. The summed E-state index contributed by atoms with van der Waals surface area (Å²) in [5, 5.41) is 0. The minimum atomic E-state index is 0.396. The maximum absolute atomic E-state index is 5.56. The molecule has 4 heteroatoms. The molecule has 2 N–H and O–H groups in total. The summed E-state index contributed by atoms with van der Waals surface area (Å²) in [4.78, 5) is 8.71. The Labute approximate surface area is 89.1 Å². The van der Waals surface area contributed by atoms with Gasteiger partial charge in [-0.1, -0.05) is 6.92 Å². The Morgan fingerprint density at radius 1 is 1.53 bits per heavy atom. The topological polar surface area (TPSA) is 56.7 Å². The first-order valence-corrected chi connectivity index (χ1v) is 5.20. The zero-order valence-electron chi connectivity index (χ0n) is 9.14. The quantitative estimate of drug-likeness (QED) is 0.822. The molecule has 0 aliphatic heterocycles. The van der Waals surface area contributed by atoms with Crippen LogP contribution in [0.2, 0.25) is 0 Å². The average Bonchev–Trinajstić information content (AvgIpc) is 2.57. The molecule has 15 heavy (non-hydrogen) atoms. The van der Waals surface area contributed by atoms with Crippen LogP contribution >= 0.6 is 0 Å². The van der Waals surface area contributed by atoms with Gasteiger partial charge in [0, 0.05) is 19.2 Å². The van der Waals surface area contributed by atoms with Crippen molar-refractivity contribution in [3.63, 3.8) is 0 Å². The Bertz CT molecular complexity index is 461. The normalized spacial score (nSPS) is 13.3. The zero-order chi connectivity index (χ0) is 10.8. The van der Waals surface area contributed by atoms with E-state index in [0.717, 1.165) is 23.3 Å². The Hall–Kier alpha value is -1.42. The minimum Gasteiger partial charge on any atom is -0.330 e. The van der Waals surface area contributed by atoms with Gasteiger partial charge in [0.25, 0.3) is 0 Å². The molecule has 2 heterocycles. The summed E-state index contributed by atoms with van der Waals surface area (Å²) >= 11 is 0. The lowest BCUT2D eigenvalue weighted by atomic mass is 10.1. The van der Waals surface area contributed by atoms with Gasteiger partial charge in [0.05, 0.1) is 17.2 Å². The Balaban J connectivity index is 2.48. The van der Waals surface area contributed by atoms with Gasteiger partial charge in [-0.05, 0) is 19.0 Å². The van der Waals surface area contributed by atoms with Crippen LogP contribution in [0.1, 0.15) is 25.1 Å². The van der Waals surface area contributed by atoms with Crippen molar-refractivity contribution in [2.75, 3.05) is 6.54 Å². The van der Waals surface area contributed by atoms with Gasteiger partial charge in [-0.25, -0.2) is 4.98 Å². The summed E-state index contributed by atoms with van der Waals surface area (Å²) in [7, 11) is 2.03. The summed E-state index contributed by atoms with van der Waals surface area (Å²) in [5.74, 6) is 1.48. The largest absolute Gasteiger partial charge is 0.330 e. The monoisotopic (exact) mass is 204 g/mol. The molecule has 1 atom stereocenters. The van der Waals surface area contributed by atoms with Crippen LogP contribution in [0.25, 0.3) is 11.0 Å². The third kappa shape index (κ3) is 1.72. The van der Waals surface area contributed by atoms with Crippen molar-refractivity contribution >= 4 is 11.0 Å². The highest BCUT2D eigenvalue weighted by Gasteiger charge is 2.13. The van der Waals surface area contributed by atoms with Gasteiger partial charge in [-0.3, -0.25) is 4.98 Å². The molecule has 80 valence electrons. The van der Waals surface area contributed by atoms with E-state index in [1.54, 1.807) is 6.20 Å². The number of nitrogens with zero attached hydrogens (tertiary/aromatic N) is 3. The molecule has 1 unspecified atom stereocenters.